The molecule has 0 N–H and O–H groups in total. The molecular formula is C38H54O4. The van der Waals surface area contributed by atoms with E-state index in [0.717, 1.165) is 69.1 Å². The molecule has 0 bridgehead atoms. The highest BCUT2D eigenvalue weighted by Gasteiger charge is 2.69. The van der Waals surface area contributed by atoms with E-state index in [2.05, 4.69) is 54.5 Å². The van der Waals surface area contributed by atoms with E-state index in [1.807, 2.05) is 32.1 Å². The lowest BCUT2D eigenvalue weighted by Crippen LogP contribution is -2.65. The van der Waals surface area contributed by atoms with Gasteiger partial charge in [0.25, 0.3) is 0 Å². The number of ketones is 1. The molecule has 0 unspecified atom stereocenters. The van der Waals surface area contributed by atoms with Crippen LogP contribution in [-0.4, -0.2) is 17.9 Å². The van der Waals surface area contributed by atoms with Gasteiger partial charge in [-0.3, -0.25) is 9.59 Å². The van der Waals surface area contributed by atoms with Gasteiger partial charge in [0.05, 0.1) is 17.8 Å². The fourth-order valence-corrected chi connectivity index (χ4v) is 11.5. The number of hydrogen-bond donors (Lipinski definition) is 0. The summed E-state index contributed by atoms with van der Waals surface area (Å²) in [6.07, 6.45) is 15.3. The van der Waals surface area contributed by atoms with Gasteiger partial charge in [-0.25, -0.2) is 0 Å². The topological polar surface area (TPSA) is 56.5 Å². The van der Waals surface area contributed by atoms with E-state index >= 15 is 0 Å². The van der Waals surface area contributed by atoms with Crippen molar-refractivity contribution in [1.82, 2.24) is 0 Å². The van der Waals surface area contributed by atoms with Crippen molar-refractivity contribution in [3.63, 3.8) is 0 Å². The molecule has 0 saturated heterocycles. The lowest BCUT2D eigenvalue weighted by molar-refractivity contribution is -0.188. The highest BCUT2D eigenvalue weighted by Crippen LogP contribution is 2.76. The van der Waals surface area contributed by atoms with Crippen LogP contribution in [0.15, 0.2) is 40.0 Å². The Labute approximate surface area is 254 Å². The van der Waals surface area contributed by atoms with Gasteiger partial charge in [-0.1, -0.05) is 60.1 Å². The summed E-state index contributed by atoms with van der Waals surface area (Å²) in [6, 6.07) is 3.85. The minimum absolute atomic E-state index is 0.00478. The Balaban J connectivity index is 1.44. The van der Waals surface area contributed by atoms with Crippen molar-refractivity contribution >= 4 is 17.8 Å². The number of carbonyl (C=O) groups is 2. The van der Waals surface area contributed by atoms with E-state index < -0.39 is 10.8 Å². The zero-order valence-corrected chi connectivity index (χ0v) is 27.7. The number of rotatable bonds is 3. The van der Waals surface area contributed by atoms with Crippen LogP contribution in [0.4, 0.5) is 0 Å². The Hall–Kier alpha value is -2.10. The van der Waals surface area contributed by atoms with Crippen molar-refractivity contribution < 1.29 is 18.7 Å². The van der Waals surface area contributed by atoms with Crippen LogP contribution in [0.25, 0.3) is 6.08 Å². The minimum Gasteiger partial charge on any atom is -0.465 e. The first kappa shape index (κ1) is 29.9. The average molecular weight is 575 g/mol. The maximum absolute atomic E-state index is 13.9. The predicted molar refractivity (Wildman–Crippen MR) is 167 cm³/mol. The second kappa shape index (κ2) is 9.45. The Bertz CT molecular complexity index is 1330. The quantitative estimate of drug-likeness (QED) is 0.205. The van der Waals surface area contributed by atoms with Crippen LogP contribution in [0.5, 0.6) is 0 Å². The molecule has 1 aromatic rings. The molecule has 5 aliphatic carbocycles. The van der Waals surface area contributed by atoms with Gasteiger partial charge in [-0.2, -0.15) is 0 Å². The monoisotopic (exact) mass is 574 g/mol. The Kier molecular flexibility index (Phi) is 6.74. The highest BCUT2D eigenvalue weighted by atomic mass is 16.5. The van der Waals surface area contributed by atoms with E-state index in [1.54, 1.807) is 11.8 Å². The lowest BCUT2D eigenvalue weighted by Gasteiger charge is -2.70. The molecule has 42 heavy (non-hydrogen) atoms. The number of esters is 1. The van der Waals surface area contributed by atoms with Gasteiger partial charge in [0.15, 0.2) is 5.78 Å². The molecule has 230 valence electrons. The third kappa shape index (κ3) is 4.05. The summed E-state index contributed by atoms with van der Waals surface area (Å²) in [7, 11) is 0. The van der Waals surface area contributed by atoms with Crippen LogP contribution in [0.2, 0.25) is 0 Å². The van der Waals surface area contributed by atoms with Gasteiger partial charge in [-0.05, 0) is 135 Å². The molecule has 0 amide bonds. The highest BCUT2D eigenvalue weighted by molar-refractivity contribution is 6.04. The third-order valence-electron chi connectivity index (χ3n) is 13.8. The van der Waals surface area contributed by atoms with Crippen molar-refractivity contribution in [2.45, 2.75) is 126 Å². The minimum atomic E-state index is -0.409. The standard InChI is InChI=1S/C38H54O4/c1-24(2)42-32(40)38-18-16-33(3,4)23-28(38)27-12-13-30-35(7)22-25(21-26-11-10-20-41-26)31(39)34(5,6)29(35)14-15-37(30,9)36(27,8)17-19-38/h10-12,20-21,24,28-30H,13-19,22-23H2,1-9H3/b25-21-/t28-,29-,30+,35-,36+,37+,38-/m0/s1. The van der Waals surface area contributed by atoms with Gasteiger partial charge < -0.3 is 9.15 Å². The first-order chi connectivity index (χ1) is 19.5. The lowest BCUT2D eigenvalue weighted by atomic mass is 9.33. The van der Waals surface area contributed by atoms with Crippen molar-refractivity contribution in [3.05, 3.63) is 41.4 Å². The SMILES string of the molecule is CC(C)OC(=O)[C@]12CCC(C)(C)C[C@H]1C1=CC[C@@H]3[C@@]4(C)C/C(=C/c5ccco5)C(=O)C(C)(C)[C@@H]4CC[C@@]3(C)[C@]1(C)CC2. The zero-order valence-electron chi connectivity index (χ0n) is 27.7. The molecule has 4 nitrogen and oxygen atoms in total. The molecule has 4 saturated carbocycles. The van der Waals surface area contributed by atoms with Crippen LogP contribution >= 0.6 is 0 Å². The molecule has 4 fully saturated rings. The molecule has 5 aliphatic rings. The molecule has 7 atom stereocenters. The van der Waals surface area contributed by atoms with Gasteiger partial charge in [0.1, 0.15) is 5.76 Å². The largest absolute Gasteiger partial charge is 0.465 e. The molecular weight excluding hydrogens is 520 g/mol. The number of carbonyl (C=O) groups excluding carboxylic acids is 2. The van der Waals surface area contributed by atoms with Crippen LogP contribution < -0.4 is 0 Å². The maximum atomic E-state index is 13.9. The summed E-state index contributed by atoms with van der Waals surface area (Å²) in [5.41, 5.74) is 2.02. The number of allylic oxidation sites excluding steroid dienone is 3. The van der Waals surface area contributed by atoms with Crippen molar-refractivity contribution in [2.24, 2.45) is 50.2 Å². The number of fused-ring (bicyclic) bond motifs is 7. The second-order valence-corrected chi connectivity index (χ2v) is 17.2. The molecule has 0 aromatic carbocycles. The normalized spacial score (nSPS) is 43.1. The summed E-state index contributed by atoms with van der Waals surface area (Å²) in [6.45, 7) is 20.8. The second-order valence-electron chi connectivity index (χ2n) is 17.2. The van der Waals surface area contributed by atoms with E-state index in [9.17, 15) is 9.59 Å². The Morgan fingerprint density at radius 2 is 1.71 bits per heavy atom. The number of furan rings is 1. The number of ether oxygens (including phenoxy) is 1. The van der Waals surface area contributed by atoms with E-state index in [4.69, 9.17) is 9.15 Å². The Morgan fingerprint density at radius 1 is 1.00 bits per heavy atom. The fraction of sp³-hybridized carbons (Fsp3) is 0.737. The van der Waals surface area contributed by atoms with Crippen LogP contribution in [0.1, 0.15) is 126 Å². The summed E-state index contributed by atoms with van der Waals surface area (Å²) in [5.74, 6) is 2.16. The molecule has 6 rings (SSSR count). The maximum Gasteiger partial charge on any atom is 0.312 e. The first-order valence-electron chi connectivity index (χ1n) is 16.7. The number of Topliss-reactive ketones (excluding diaryl/α,β-unsaturated/α-hetero) is 1. The van der Waals surface area contributed by atoms with Crippen LogP contribution in [0.3, 0.4) is 0 Å². The van der Waals surface area contributed by atoms with E-state index in [-0.39, 0.29) is 39.7 Å². The summed E-state index contributed by atoms with van der Waals surface area (Å²) in [4.78, 5) is 27.9. The molecule has 0 aliphatic heterocycles. The summed E-state index contributed by atoms with van der Waals surface area (Å²) in [5, 5.41) is 0. The molecule has 4 heteroatoms. The predicted octanol–water partition coefficient (Wildman–Crippen LogP) is 9.60. The van der Waals surface area contributed by atoms with Crippen LogP contribution in [-0.2, 0) is 14.3 Å². The Morgan fingerprint density at radius 3 is 2.38 bits per heavy atom. The van der Waals surface area contributed by atoms with Gasteiger partial charge >= 0.3 is 5.97 Å². The molecule has 0 radical (unpaired) electrons. The van der Waals surface area contributed by atoms with Crippen molar-refractivity contribution in [3.8, 4) is 0 Å². The van der Waals surface area contributed by atoms with Gasteiger partial charge in [0.2, 0.25) is 0 Å². The first-order valence-corrected chi connectivity index (χ1v) is 16.7. The van der Waals surface area contributed by atoms with Gasteiger partial charge in [0, 0.05) is 5.41 Å². The van der Waals surface area contributed by atoms with E-state index in [1.165, 1.54) is 0 Å². The molecule has 1 aromatic heterocycles. The summed E-state index contributed by atoms with van der Waals surface area (Å²) >= 11 is 0. The molecule has 0 spiro atoms. The van der Waals surface area contributed by atoms with E-state index in [0.29, 0.717) is 17.6 Å². The average Bonchev–Trinajstić information content (AvgIpc) is 3.40. The van der Waals surface area contributed by atoms with Gasteiger partial charge in [-0.15, -0.1) is 0 Å². The van der Waals surface area contributed by atoms with Crippen molar-refractivity contribution in [1.29, 1.82) is 0 Å². The third-order valence-corrected chi connectivity index (χ3v) is 13.8. The smallest absolute Gasteiger partial charge is 0.312 e. The summed E-state index contributed by atoms with van der Waals surface area (Å²) < 4.78 is 11.7. The fourth-order valence-electron chi connectivity index (χ4n) is 11.5. The number of hydrogen-bond acceptors (Lipinski definition) is 4. The van der Waals surface area contributed by atoms with Crippen LogP contribution in [0, 0.1) is 50.2 Å². The zero-order chi connectivity index (χ0) is 30.5. The van der Waals surface area contributed by atoms with Crippen molar-refractivity contribution in [2.75, 3.05) is 0 Å². The molecule has 1 heterocycles.